The Balaban J connectivity index is 1.53. The lowest BCUT2D eigenvalue weighted by Crippen LogP contribution is -2.30. The van der Waals surface area contributed by atoms with Crippen LogP contribution in [0.25, 0.3) is 22.1 Å². The SMILES string of the molecule is Cn1c(=O)[nH]c(=O)c2c1nc(N=Nc1c(O)[nH]c3ccc(Br)cc13)n2CC(O)COc1ccc(Br)cc1. The molecule has 12 nitrogen and oxygen atoms in total. The van der Waals surface area contributed by atoms with Crippen LogP contribution in [0.4, 0.5) is 11.6 Å². The zero-order valence-electron chi connectivity index (χ0n) is 19.1. The van der Waals surface area contributed by atoms with E-state index in [0.29, 0.717) is 16.7 Å². The van der Waals surface area contributed by atoms with Gasteiger partial charge in [-0.1, -0.05) is 31.9 Å². The van der Waals surface area contributed by atoms with Crippen LogP contribution in [0.1, 0.15) is 0 Å². The Kier molecular flexibility index (Phi) is 6.70. The van der Waals surface area contributed by atoms with Crippen LogP contribution in [-0.2, 0) is 13.6 Å². The molecule has 4 N–H and O–H groups in total. The molecule has 1 atom stereocenters. The first-order valence-corrected chi connectivity index (χ1v) is 12.5. The normalized spacial score (nSPS) is 12.6. The molecule has 3 aromatic heterocycles. The zero-order chi connectivity index (χ0) is 26.3. The van der Waals surface area contributed by atoms with Crippen molar-refractivity contribution < 1.29 is 14.9 Å². The van der Waals surface area contributed by atoms with Gasteiger partial charge in [-0.2, -0.15) is 4.98 Å². The summed E-state index contributed by atoms with van der Waals surface area (Å²) >= 11 is 6.75. The number of aryl methyl sites for hydroxylation is 1. The largest absolute Gasteiger partial charge is 0.493 e. The third kappa shape index (κ3) is 4.95. The fraction of sp³-hybridized carbons (Fsp3) is 0.174. The molecular formula is C23H19Br2N7O5. The first-order valence-electron chi connectivity index (χ1n) is 10.9. The van der Waals surface area contributed by atoms with E-state index in [1.807, 2.05) is 18.2 Å². The van der Waals surface area contributed by atoms with Crippen molar-refractivity contribution in [3.05, 3.63) is 72.2 Å². The first kappa shape index (κ1) is 24.9. The predicted molar refractivity (Wildman–Crippen MR) is 143 cm³/mol. The number of aliphatic hydroxyl groups is 1. The molecule has 0 spiro atoms. The van der Waals surface area contributed by atoms with E-state index < -0.39 is 17.4 Å². The highest BCUT2D eigenvalue weighted by Crippen LogP contribution is 2.37. The molecule has 0 aliphatic rings. The van der Waals surface area contributed by atoms with Gasteiger partial charge >= 0.3 is 5.69 Å². The summed E-state index contributed by atoms with van der Waals surface area (Å²) in [5.41, 5.74) is -0.436. The summed E-state index contributed by atoms with van der Waals surface area (Å²) in [6.07, 6.45) is -1.07. The maximum absolute atomic E-state index is 12.7. The Morgan fingerprint density at radius 1 is 1.08 bits per heavy atom. The van der Waals surface area contributed by atoms with Gasteiger partial charge in [-0.05, 0) is 42.5 Å². The second kappa shape index (κ2) is 9.95. The highest BCUT2D eigenvalue weighted by molar-refractivity contribution is 9.10. The van der Waals surface area contributed by atoms with Crippen molar-refractivity contribution in [1.82, 2.24) is 24.1 Å². The van der Waals surface area contributed by atoms with E-state index in [-0.39, 0.29) is 41.8 Å². The van der Waals surface area contributed by atoms with Crippen molar-refractivity contribution in [2.75, 3.05) is 6.61 Å². The number of nitrogens with zero attached hydrogens (tertiary/aromatic N) is 5. The number of imidazole rings is 1. The van der Waals surface area contributed by atoms with E-state index in [9.17, 15) is 19.8 Å². The minimum absolute atomic E-state index is 0.0321. The summed E-state index contributed by atoms with van der Waals surface area (Å²) in [6.45, 7) is -0.215. The van der Waals surface area contributed by atoms with Crippen LogP contribution in [0.5, 0.6) is 11.6 Å². The first-order chi connectivity index (χ1) is 17.7. The zero-order valence-corrected chi connectivity index (χ0v) is 22.3. The Morgan fingerprint density at radius 2 is 1.81 bits per heavy atom. The van der Waals surface area contributed by atoms with E-state index in [4.69, 9.17) is 4.74 Å². The molecule has 0 bridgehead atoms. The number of aromatic amines is 2. The molecule has 5 rings (SSSR count). The third-order valence-corrected chi connectivity index (χ3v) is 6.61. The fourth-order valence-electron chi connectivity index (χ4n) is 3.79. The molecule has 3 heterocycles. The molecule has 0 aliphatic carbocycles. The molecular weight excluding hydrogens is 614 g/mol. The maximum atomic E-state index is 12.7. The van der Waals surface area contributed by atoms with Gasteiger partial charge in [0.1, 0.15) is 18.5 Å². The van der Waals surface area contributed by atoms with Gasteiger partial charge in [0.2, 0.25) is 5.88 Å². The lowest BCUT2D eigenvalue weighted by molar-refractivity contribution is 0.0937. The minimum Gasteiger partial charge on any atom is -0.493 e. The van der Waals surface area contributed by atoms with E-state index in [0.717, 1.165) is 13.5 Å². The molecule has 0 amide bonds. The van der Waals surface area contributed by atoms with Gasteiger partial charge in [0.25, 0.3) is 11.5 Å². The molecule has 14 heteroatoms. The van der Waals surface area contributed by atoms with Crippen molar-refractivity contribution in [2.45, 2.75) is 12.6 Å². The number of hydrogen-bond donors (Lipinski definition) is 4. The van der Waals surface area contributed by atoms with E-state index in [2.05, 4.69) is 57.0 Å². The van der Waals surface area contributed by atoms with Crippen LogP contribution in [0, 0.1) is 0 Å². The smallest absolute Gasteiger partial charge is 0.329 e. The summed E-state index contributed by atoms with van der Waals surface area (Å²) in [5, 5.41) is 30.0. The molecule has 5 aromatic rings. The number of rotatable bonds is 7. The molecule has 1 unspecified atom stereocenters. The minimum atomic E-state index is -1.07. The van der Waals surface area contributed by atoms with Crippen LogP contribution < -0.4 is 16.0 Å². The summed E-state index contributed by atoms with van der Waals surface area (Å²) in [4.78, 5) is 34.2. The highest BCUT2D eigenvalue weighted by Gasteiger charge is 2.21. The van der Waals surface area contributed by atoms with E-state index >= 15 is 0 Å². The van der Waals surface area contributed by atoms with Crippen LogP contribution in [0.2, 0.25) is 0 Å². The quantitative estimate of drug-likeness (QED) is 0.198. The van der Waals surface area contributed by atoms with Gasteiger partial charge in [0, 0.05) is 21.4 Å². The van der Waals surface area contributed by atoms with Gasteiger partial charge in [-0.25, -0.2) is 4.79 Å². The fourth-order valence-corrected chi connectivity index (χ4v) is 4.42. The predicted octanol–water partition coefficient (Wildman–Crippen LogP) is 3.99. The molecule has 190 valence electrons. The lowest BCUT2D eigenvalue weighted by atomic mass is 10.2. The van der Waals surface area contributed by atoms with Gasteiger partial charge in [0.15, 0.2) is 16.9 Å². The molecule has 0 fully saturated rings. The molecule has 0 radical (unpaired) electrons. The van der Waals surface area contributed by atoms with Gasteiger partial charge in [0.05, 0.1) is 12.1 Å². The average molecular weight is 633 g/mol. The number of aromatic nitrogens is 5. The van der Waals surface area contributed by atoms with Crippen molar-refractivity contribution >= 4 is 65.6 Å². The van der Waals surface area contributed by atoms with Gasteiger partial charge in [-0.3, -0.25) is 18.9 Å². The Bertz CT molecular complexity index is 1770. The van der Waals surface area contributed by atoms with Crippen LogP contribution in [0.3, 0.4) is 0 Å². The Hall–Kier alpha value is -3.75. The number of nitrogens with one attached hydrogen (secondary N) is 2. The number of hydrogen-bond acceptors (Lipinski definition) is 8. The number of aliphatic hydroxyl groups excluding tert-OH is 1. The summed E-state index contributed by atoms with van der Waals surface area (Å²) < 4.78 is 9.83. The third-order valence-electron chi connectivity index (χ3n) is 5.59. The number of H-pyrrole nitrogens is 2. The molecule has 0 aliphatic heterocycles. The lowest BCUT2D eigenvalue weighted by Gasteiger charge is -2.14. The van der Waals surface area contributed by atoms with Gasteiger partial charge < -0.3 is 19.9 Å². The van der Waals surface area contributed by atoms with Crippen LogP contribution in [0.15, 0.2) is 71.2 Å². The Morgan fingerprint density at radius 3 is 2.57 bits per heavy atom. The standard InChI is InChI=1S/C23H19Br2N7O5/c1-31-19-18(21(35)28-23(31)36)32(9-13(33)10-37-14-5-2-11(24)3-6-14)22(27-19)30-29-17-15-8-12(25)4-7-16(15)26-20(17)34/h2-8,13,26,33-34H,9-10H2,1H3,(H,28,35,36). The second-order valence-corrected chi connectivity index (χ2v) is 9.98. The number of aromatic hydroxyl groups is 1. The summed E-state index contributed by atoms with van der Waals surface area (Å²) in [6, 6.07) is 12.4. The summed E-state index contributed by atoms with van der Waals surface area (Å²) in [7, 11) is 1.45. The number of halogens is 2. The number of fused-ring (bicyclic) bond motifs is 2. The van der Waals surface area contributed by atoms with Gasteiger partial charge in [-0.15, -0.1) is 10.2 Å². The van der Waals surface area contributed by atoms with E-state index in [1.54, 1.807) is 24.3 Å². The molecule has 37 heavy (non-hydrogen) atoms. The number of ether oxygens (including phenoxy) is 1. The highest BCUT2D eigenvalue weighted by atomic mass is 79.9. The van der Waals surface area contributed by atoms with Crippen molar-refractivity contribution in [3.8, 4) is 11.6 Å². The van der Waals surface area contributed by atoms with E-state index in [1.165, 1.54) is 11.6 Å². The monoisotopic (exact) mass is 631 g/mol. The number of benzene rings is 2. The van der Waals surface area contributed by atoms with Crippen molar-refractivity contribution in [3.63, 3.8) is 0 Å². The molecule has 0 saturated carbocycles. The van der Waals surface area contributed by atoms with Crippen molar-refractivity contribution in [2.24, 2.45) is 17.3 Å². The number of azo groups is 1. The second-order valence-electron chi connectivity index (χ2n) is 8.14. The molecule has 0 saturated heterocycles. The van der Waals surface area contributed by atoms with Crippen molar-refractivity contribution in [1.29, 1.82) is 0 Å². The van der Waals surface area contributed by atoms with Crippen LogP contribution >= 0.6 is 31.9 Å². The Labute approximate surface area is 224 Å². The molecule has 2 aromatic carbocycles. The van der Waals surface area contributed by atoms with Crippen LogP contribution in [-0.4, -0.2) is 47.0 Å². The average Bonchev–Trinajstić information content (AvgIpc) is 3.37. The topological polar surface area (TPSA) is 163 Å². The maximum Gasteiger partial charge on any atom is 0.329 e. The summed E-state index contributed by atoms with van der Waals surface area (Å²) in [5.74, 6) is 0.305.